The molecule has 6 heteroatoms. The summed E-state index contributed by atoms with van der Waals surface area (Å²) in [7, 11) is 1.67. The van der Waals surface area contributed by atoms with Crippen molar-refractivity contribution >= 4 is 23.4 Å². The van der Waals surface area contributed by atoms with E-state index in [1.165, 1.54) is 5.56 Å². The Hall–Kier alpha value is -2.76. The van der Waals surface area contributed by atoms with Crippen molar-refractivity contribution in [1.82, 2.24) is 14.8 Å². The second-order valence-electron chi connectivity index (χ2n) is 6.56. The molecule has 0 spiro atoms. The molecule has 1 aromatic heterocycles. The van der Waals surface area contributed by atoms with Gasteiger partial charge < -0.3 is 4.74 Å². The van der Waals surface area contributed by atoms with E-state index in [0.717, 1.165) is 38.6 Å². The first-order valence-corrected chi connectivity index (χ1v) is 10.6. The normalized spacial score (nSPS) is 10.9. The lowest BCUT2D eigenvalue weighted by Gasteiger charge is -2.13. The van der Waals surface area contributed by atoms with Gasteiger partial charge in [-0.2, -0.15) is 0 Å². The minimum atomic E-state index is 0.704. The summed E-state index contributed by atoms with van der Waals surface area (Å²) in [6, 6.07) is 24.0. The van der Waals surface area contributed by atoms with Gasteiger partial charge in [0, 0.05) is 16.5 Å². The molecule has 0 unspecified atom stereocenters. The third kappa shape index (κ3) is 4.16. The number of benzene rings is 3. The van der Waals surface area contributed by atoms with Gasteiger partial charge >= 0.3 is 0 Å². The summed E-state index contributed by atoms with van der Waals surface area (Å²) in [5.41, 5.74) is 4.15. The van der Waals surface area contributed by atoms with Crippen LogP contribution in [0.2, 0.25) is 5.02 Å². The van der Waals surface area contributed by atoms with Gasteiger partial charge in [-0.05, 0) is 48.4 Å². The summed E-state index contributed by atoms with van der Waals surface area (Å²) >= 11 is 7.94. The van der Waals surface area contributed by atoms with E-state index in [0.29, 0.717) is 5.75 Å². The molecule has 0 amide bonds. The number of aromatic nitrogens is 3. The van der Waals surface area contributed by atoms with E-state index >= 15 is 0 Å². The first-order valence-electron chi connectivity index (χ1n) is 9.19. The number of hydrogen-bond acceptors (Lipinski definition) is 4. The van der Waals surface area contributed by atoms with Crippen LogP contribution >= 0.6 is 23.4 Å². The summed E-state index contributed by atoms with van der Waals surface area (Å²) in [5, 5.41) is 10.6. The van der Waals surface area contributed by atoms with Crippen LogP contribution in [0, 0.1) is 6.92 Å². The van der Waals surface area contributed by atoms with Gasteiger partial charge in [-0.15, -0.1) is 10.2 Å². The average Bonchev–Trinajstić information content (AvgIpc) is 3.17. The van der Waals surface area contributed by atoms with Crippen molar-refractivity contribution in [3.05, 3.63) is 88.9 Å². The van der Waals surface area contributed by atoms with Crippen LogP contribution in [-0.4, -0.2) is 21.9 Å². The van der Waals surface area contributed by atoms with Crippen LogP contribution in [0.3, 0.4) is 0 Å². The smallest absolute Gasteiger partial charge is 0.196 e. The molecular weight excluding hydrogens is 402 g/mol. The van der Waals surface area contributed by atoms with Crippen LogP contribution in [0.5, 0.6) is 5.75 Å². The van der Waals surface area contributed by atoms with Crippen molar-refractivity contribution in [1.29, 1.82) is 0 Å². The number of nitrogens with zero attached hydrogens (tertiary/aromatic N) is 3. The number of para-hydroxylation sites is 1. The van der Waals surface area contributed by atoms with Gasteiger partial charge in [-0.1, -0.05) is 65.8 Å². The minimum absolute atomic E-state index is 0.704. The highest BCUT2D eigenvalue weighted by Crippen LogP contribution is 2.34. The van der Waals surface area contributed by atoms with Crippen LogP contribution in [0.1, 0.15) is 11.1 Å². The van der Waals surface area contributed by atoms with E-state index in [2.05, 4.69) is 39.9 Å². The van der Waals surface area contributed by atoms with Crippen molar-refractivity contribution < 1.29 is 4.74 Å². The zero-order chi connectivity index (χ0) is 20.2. The molecule has 0 aliphatic carbocycles. The Morgan fingerprint density at radius 3 is 2.55 bits per heavy atom. The maximum absolute atomic E-state index is 6.34. The molecule has 0 aliphatic heterocycles. The fourth-order valence-electron chi connectivity index (χ4n) is 3.12. The molecule has 4 nitrogen and oxygen atoms in total. The first-order chi connectivity index (χ1) is 14.2. The van der Waals surface area contributed by atoms with Crippen LogP contribution in [-0.2, 0) is 5.75 Å². The number of methoxy groups -OCH3 is 1. The van der Waals surface area contributed by atoms with E-state index in [1.807, 2.05) is 54.6 Å². The fraction of sp³-hybridized carbons (Fsp3) is 0.130. The molecule has 0 saturated carbocycles. The highest BCUT2D eigenvalue weighted by molar-refractivity contribution is 7.98. The van der Waals surface area contributed by atoms with Crippen LogP contribution in [0.25, 0.3) is 17.1 Å². The molecule has 0 N–H and O–H groups in total. The summed E-state index contributed by atoms with van der Waals surface area (Å²) in [4.78, 5) is 0. The van der Waals surface area contributed by atoms with Crippen molar-refractivity contribution in [2.24, 2.45) is 0 Å². The summed E-state index contributed by atoms with van der Waals surface area (Å²) < 4.78 is 7.64. The van der Waals surface area contributed by atoms with Crippen LogP contribution in [0.15, 0.2) is 78.0 Å². The van der Waals surface area contributed by atoms with Crippen molar-refractivity contribution in [3.63, 3.8) is 0 Å². The Morgan fingerprint density at radius 1 is 0.966 bits per heavy atom. The SMILES string of the molecule is COc1ccccc1-c1nnc(SCc2ccccc2Cl)n1-c1cccc(C)c1. The molecule has 1 heterocycles. The number of hydrogen-bond donors (Lipinski definition) is 0. The quantitative estimate of drug-likeness (QED) is 0.347. The topological polar surface area (TPSA) is 39.9 Å². The summed E-state index contributed by atoms with van der Waals surface area (Å²) in [5.74, 6) is 2.21. The Kier molecular flexibility index (Phi) is 5.88. The van der Waals surface area contributed by atoms with Crippen LogP contribution in [0.4, 0.5) is 0 Å². The lowest BCUT2D eigenvalue weighted by molar-refractivity contribution is 0.416. The van der Waals surface area contributed by atoms with Gasteiger partial charge in [0.05, 0.1) is 12.7 Å². The minimum Gasteiger partial charge on any atom is -0.496 e. The molecule has 0 radical (unpaired) electrons. The van der Waals surface area contributed by atoms with Crippen molar-refractivity contribution in [2.75, 3.05) is 7.11 Å². The van der Waals surface area contributed by atoms with Crippen LogP contribution < -0.4 is 4.74 Å². The predicted molar refractivity (Wildman–Crippen MR) is 119 cm³/mol. The maximum atomic E-state index is 6.34. The number of ether oxygens (including phenoxy) is 1. The van der Waals surface area contributed by atoms with Crippen molar-refractivity contribution in [3.8, 4) is 22.8 Å². The highest BCUT2D eigenvalue weighted by atomic mass is 35.5. The van der Waals surface area contributed by atoms with E-state index in [9.17, 15) is 0 Å². The second kappa shape index (κ2) is 8.72. The fourth-order valence-corrected chi connectivity index (χ4v) is 4.36. The lowest BCUT2D eigenvalue weighted by Crippen LogP contribution is -2.01. The third-order valence-corrected chi connectivity index (χ3v) is 5.90. The number of thioether (sulfide) groups is 1. The van der Waals surface area contributed by atoms with Gasteiger partial charge in [0.2, 0.25) is 0 Å². The molecule has 4 aromatic rings. The molecule has 0 saturated heterocycles. The molecule has 29 heavy (non-hydrogen) atoms. The number of halogens is 1. The third-order valence-electron chi connectivity index (χ3n) is 4.56. The van der Waals surface area contributed by atoms with Crippen molar-refractivity contribution in [2.45, 2.75) is 17.8 Å². The zero-order valence-electron chi connectivity index (χ0n) is 16.2. The van der Waals surface area contributed by atoms with Gasteiger partial charge in [-0.3, -0.25) is 4.57 Å². The molecule has 3 aromatic carbocycles. The Labute approximate surface area is 179 Å². The molecule has 0 aliphatic rings. The molecule has 0 atom stereocenters. The average molecular weight is 422 g/mol. The Bertz CT molecular complexity index is 1140. The molecular formula is C23H20ClN3OS. The largest absolute Gasteiger partial charge is 0.496 e. The predicted octanol–water partition coefficient (Wildman–Crippen LogP) is 6.20. The van der Waals surface area contributed by atoms with Gasteiger partial charge in [-0.25, -0.2) is 0 Å². The standard InChI is InChI=1S/C23H20ClN3OS/c1-16-8-7-10-18(14-16)27-22(19-11-4-6-13-21(19)28-2)25-26-23(27)29-15-17-9-3-5-12-20(17)24/h3-14H,15H2,1-2H3. The number of aryl methyl sites for hydroxylation is 1. The molecule has 146 valence electrons. The van der Waals surface area contributed by atoms with Gasteiger partial charge in [0.1, 0.15) is 5.75 Å². The van der Waals surface area contributed by atoms with E-state index in [1.54, 1.807) is 18.9 Å². The highest BCUT2D eigenvalue weighted by Gasteiger charge is 2.19. The molecule has 0 bridgehead atoms. The summed E-state index contributed by atoms with van der Waals surface area (Å²) in [6.45, 7) is 2.08. The lowest BCUT2D eigenvalue weighted by atomic mass is 10.1. The second-order valence-corrected chi connectivity index (χ2v) is 7.91. The van der Waals surface area contributed by atoms with Gasteiger partial charge in [0.15, 0.2) is 11.0 Å². The summed E-state index contributed by atoms with van der Waals surface area (Å²) in [6.07, 6.45) is 0. The monoisotopic (exact) mass is 421 g/mol. The molecule has 4 rings (SSSR count). The first kappa shape index (κ1) is 19.6. The van der Waals surface area contributed by atoms with E-state index in [4.69, 9.17) is 16.3 Å². The Morgan fingerprint density at radius 2 is 1.76 bits per heavy atom. The molecule has 0 fully saturated rings. The Balaban J connectivity index is 1.80. The van der Waals surface area contributed by atoms with E-state index in [-0.39, 0.29) is 0 Å². The van der Waals surface area contributed by atoms with Gasteiger partial charge in [0.25, 0.3) is 0 Å². The number of rotatable bonds is 6. The zero-order valence-corrected chi connectivity index (χ0v) is 17.7. The van der Waals surface area contributed by atoms with E-state index < -0.39 is 0 Å². The maximum Gasteiger partial charge on any atom is 0.196 e.